The molecule has 3 aromatic rings. The number of benzene rings is 2. The number of ether oxygens (including phenoxy) is 1. The van der Waals surface area contributed by atoms with Crippen molar-refractivity contribution in [3.05, 3.63) is 76.4 Å². The van der Waals surface area contributed by atoms with Crippen LogP contribution in [-0.2, 0) is 22.7 Å². The fraction of sp³-hybridized carbons (Fsp3) is 0.419. The smallest absolute Gasteiger partial charge is 0.416 e. The van der Waals surface area contributed by atoms with Crippen molar-refractivity contribution in [3.8, 4) is 5.75 Å². The Morgan fingerprint density at radius 2 is 1.78 bits per heavy atom. The van der Waals surface area contributed by atoms with Crippen molar-refractivity contribution in [3.63, 3.8) is 0 Å². The molecule has 4 heterocycles. The number of aromatic nitrogens is 1. The van der Waals surface area contributed by atoms with Crippen LogP contribution in [0.15, 0.2) is 59.5 Å². The molecule has 0 radical (unpaired) electrons. The number of methoxy groups -OCH3 is 1. The number of pyridine rings is 1. The fourth-order valence-electron chi connectivity index (χ4n) is 6.42. The standard InChI is InChI=1S/C31H34ClF3N6O4S/c1-45-27-7-2-20(19-40-9-8-21-17-36-18-26(21)40)14-25(27)30(42)37-23-3-5-24(6-4-23)46(43,44)41-12-10-39(11-13-41)29-16-22(31(33,34)35)15-28(32)38-29/h2-7,14-16,21,26,36H,8-13,17-19H2,1H3,(H,37,42). The van der Waals surface area contributed by atoms with Gasteiger partial charge in [0.25, 0.3) is 5.91 Å². The molecule has 0 spiro atoms. The molecule has 46 heavy (non-hydrogen) atoms. The van der Waals surface area contributed by atoms with Crippen LogP contribution in [0.2, 0.25) is 5.15 Å². The lowest BCUT2D eigenvalue weighted by Crippen LogP contribution is -2.49. The number of halogens is 4. The van der Waals surface area contributed by atoms with Crippen LogP contribution in [0.5, 0.6) is 5.75 Å². The van der Waals surface area contributed by atoms with Crippen molar-refractivity contribution in [2.45, 2.75) is 30.1 Å². The molecule has 2 aromatic carbocycles. The van der Waals surface area contributed by atoms with Crippen LogP contribution in [0.1, 0.15) is 27.9 Å². The highest BCUT2D eigenvalue weighted by atomic mass is 35.5. The molecule has 0 bridgehead atoms. The average molecular weight is 679 g/mol. The second-order valence-corrected chi connectivity index (χ2v) is 14.0. The van der Waals surface area contributed by atoms with E-state index >= 15 is 0 Å². The van der Waals surface area contributed by atoms with Gasteiger partial charge in [0.1, 0.15) is 16.7 Å². The molecule has 2 atom stereocenters. The van der Waals surface area contributed by atoms with Crippen LogP contribution in [0.3, 0.4) is 0 Å². The molecule has 1 amide bonds. The van der Waals surface area contributed by atoms with E-state index < -0.39 is 21.8 Å². The summed E-state index contributed by atoms with van der Waals surface area (Å²) in [6, 6.07) is 13.6. The van der Waals surface area contributed by atoms with Gasteiger partial charge in [-0.2, -0.15) is 17.5 Å². The number of alkyl halides is 3. The van der Waals surface area contributed by atoms with Crippen LogP contribution < -0.4 is 20.3 Å². The minimum atomic E-state index is -4.58. The molecule has 6 rings (SSSR count). The summed E-state index contributed by atoms with van der Waals surface area (Å²) in [7, 11) is -2.39. The van der Waals surface area contributed by atoms with Crippen LogP contribution >= 0.6 is 11.6 Å². The van der Waals surface area contributed by atoms with Gasteiger partial charge in [0.15, 0.2) is 0 Å². The van der Waals surface area contributed by atoms with E-state index in [-0.39, 0.29) is 48.0 Å². The second kappa shape index (κ2) is 13.0. The Hall–Kier alpha value is -3.43. The highest BCUT2D eigenvalue weighted by Gasteiger charge is 2.37. The van der Waals surface area contributed by atoms with Crippen LogP contribution in [0, 0.1) is 5.92 Å². The third kappa shape index (κ3) is 6.81. The molecule has 0 aliphatic carbocycles. The quantitative estimate of drug-likeness (QED) is 0.340. The second-order valence-electron chi connectivity index (χ2n) is 11.7. The maximum atomic E-state index is 13.4. The van der Waals surface area contributed by atoms with Gasteiger partial charge in [0, 0.05) is 51.0 Å². The van der Waals surface area contributed by atoms with Gasteiger partial charge in [0.2, 0.25) is 10.0 Å². The van der Waals surface area contributed by atoms with Gasteiger partial charge in [-0.05, 0) is 79.5 Å². The number of amides is 1. The van der Waals surface area contributed by atoms with Crippen LogP contribution in [0.25, 0.3) is 0 Å². The topological polar surface area (TPSA) is 107 Å². The maximum Gasteiger partial charge on any atom is 0.416 e. The molecule has 246 valence electrons. The van der Waals surface area contributed by atoms with Crippen molar-refractivity contribution in [1.29, 1.82) is 0 Å². The number of nitrogens with zero attached hydrogens (tertiary/aromatic N) is 4. The van der Waals surface area contributed by atoms with E-state index in [1.165, 1.54) is 35.7 Å². The van der Waals surface area contributed by atoms with Crippen molar-refractivity contribution in [1.82, 2.24) is 19.5 Å². The number of piperazine rings is 1. The largest absolute Gasteiger partial charge is 0.496 e. The Kier molecular flexibility index (Phi) is 9.18. The molecule has 3 aliphatic rings. The van der Waals surface area contributed by atoms with Gasteiger partial charge in [0.05, 0.1) is 23.1 Å². The Balaban J connectivity index is 1.09. The third-order valence-corrected chi connectivity index (χ3v) is 11.0. The molecular weight excluding hydrogens is 645 g/mol. The number of anilines is 2. The van der Waals surface area contributed by atoms with E-state index in [9.17, 15) is 26.4 Å². The number of hydrogen-bond acceptors (Lipinski definition) is 8. The van der Waals surface area contributed by atoms with Gasteiger partial charge in [-0.15, -0.1) is 0 Å². The van der Waals surface area contributed by atoms with Crippen molar-refractivity contribution in [2.75, 3.05) is 63.1 Å². The average Bonchev–Trinajstić information content (AvgIpc) is 3.66. The summed E-state index contributed by atoms with van der Waals surface area (Å²) in [5.74, 6) is 0.758. The minimum absolute atomic E-state index is 0.0316. The van der Waals surface area contributed by atoms with Crippen LogP contribution in [0.4, 0.5) is 24.7 Å². The zero-order chi connectivity index (χ0) is 32.6. The van der Waals surface area contributed by atoms with Gasteiger partial charge in [-0.3, -0.25) is 9.69 Å². The summed E-state index contributed by atoms with van der Waals surface area (Å²) in [6.07, 6.45) is -3.42. The Morgan fingerprint density at radius 3 is 2.48 bits per heavy atom. The molecule has 10 nitrogen and oxygen atoms in total. The van der Waals surface area contributed by atoms with Gasteiger partial charge >= 0.3 is 6.18 Å². The number of fused-ring (bicyclic) bond motifs is 1. The zero-order valence-electron chi connectivity index (χ0n) is 25.1. The minimum Gasteiger partial charge on any atom is -0.496 e. The number of hydrogen-bond donors (Lipinski definition) is 2. The first kappa shape index (κ1) is 32.5. The van der Waals surface area contributed by atoms with E-state index in [1.807, 2.05) is 12.1 Å². The van der Waals surface area contributed by atoms with Crippen molar-refractivity contribution in [2.24, 2.45) is 5.92 Å². The number of rotatable bonds is 8. The van der Waals surface area contributed by atoms with Gasteiger partial charge in [-0.25, -0.2) is 13.4 Å². The van der Waals surface area contributed by atoms with Crippen molar-refractivity contribution < 1.29 is 31.1 Å². The molecule has 0 saturated carbocycles. The molecule has 3 saturated heterocycles. The highest BCUT2D eigenvalue weighted by molar-refractivity contribution is 7.89. The lowest BCUT2D eigenvalue weighted by molar-refractivity contribution is -0.137. The summed E-state index contributed by atoms with van der Waals surface area (Å²) in [6.45, 7) is 4.14. The lowest BCUT2D eigenvalue weighted by atomic mass is 10.0. The monoisotopic (exact) mass is 678 g/mol. The predicted molar refractivity (Wildman–Crippen MR) is 168 cm³/mol. The highest BCUT2D eigenvalue weighted by Crippen LogP contribution is 2.34. The first-order valence-electron chi connectivity index (χ1n) is 15.0. The van der Waals surface area contributed by atoms with E-state index in [0.29, 0.717) is 29.0 Å². The zero-order valence-corrected chi connectivity index (χ0v) is 26.6. The molecule has 3 aliphatic heterocycles. The summed E-state index contributed by atoms with van der Waals surface area (Å²) in [5.41, 5.74) is 0.879. The SMILES string of the molecule is COc1ccc(CN2CCC3CNCC32)cc1C(=O)Nc1ccc(S(=O)(=O)N2CCN(c3cc(C(F)(F)F)cc(Cl)n3)CC2)cc1. The number of nitrogens with one attached hydrogen (secondary N) is 2. The summed E-state index contributed by atoms with van der Waals surface area (Å²) >= 11 is 5.82. The number of sulfonamides is 1. The molecule has 1 aromatic heterocycles. The fourth-order valence-corrected chi connectivity index (χ4v) is 8.05. The molecular formula is C31H34ClF3N6O4S. The predicted octanol–water partition coefficient (Wildman–Crippen LogP) is 4.32. The van der Waals surface area contributed by atoms with Gasteiger partial charge in [-0.1, -0.05) is 17.7 Å². The van der Waals surface area contributed by atoms with E-state index in [1.54, 1.807) is 11.0 Å². The number of likely N-dealkylation sites (tertiary alicyclic amines) is 1. The normalized spacial score (nSPS) is 20.9. The maximum absolute atomic E-state index is 13.4. The first-order chi connectivity index (χ1) is 21.9. The lowest BCUT2D eigenvalue weighted by Gasteiger charge is -2.35. The number of carbonyl (C=O) groups is 1. The summed E-state index contributed by atoms with van der Waals surface area (Å²) < 4.78 is 73.2. The molecule has 15 heteroatoms. The Bertz CT molecular complexity index is 1700. The number of carbonyl (C=O) groups excluding carboxylic acids is 1. The van der Waals surface area contributed by atoms with E-state index in [0.717, 1.165) is 50.3 Å². The molecule has 3 fully saturated rings. The molecule has 2 N–H and O–H groups in total. The Labute approximate surface area is 270 Å². The third-order valence-electron chi connectivity index (χ3n) is 8.87. The summed E-state index contributed by atoms with van der Waals surface area (Å²) in [4.78, 5) is 21.4. The first-order valence-corrected chi connectivity index (χ1v) is 16.8. The van der Waals surface area contributed by atoms with E-state index in [4.69, 9.17) is 16.3 Å². The van der Waals surface area contributed by atoms with E-state index in [2.05, 4.69) is 20.5 Å². The van der Waals surface area contributed by atoms with Gasteiger partial charge < -0.3 is 20.3 Å². The Morgan fingerprint density at radius 1 is 1.04 bits per heavy atom. The molecule has 2 unspecified atom stereocenters. The summed E-state index contributed by atoms with van der Waals surface area (Å²) in [5, 5.41) is 6.00. The van der Waals surface area contributed by atoms with Crippen LogP contribution in [-0.4, -0.2) is 87.5 Å². The van der Waals surface area contributed by atoms with Crippen molar-refractivity contribution >= 4 is 39.0 Å².